The van der Waals surface area contributed by atoms with Crippen molar-refractivity contribution in [3.05, 3.63) is 22.1 Å². The molecule has 2 aliphatic rings. The highest BCUT2D eigenvalue weighted by molar-refractivity contribution is 5.79. The van der Waals surface area contributed by atoms with Crippen LogP contribution >= 0.6 is 0 Å². The fourth-order valence-electron chi connectivity index (χ4n) is 3.83. The molecule has 1 aliphatic heterocycles. The summed E-state index contributed by atoms with van der Waals surface area (Å²) in [6.45, 7) is 7.67. The average Bonchev–Trinajstić information content (AvgIpc) is 3.14. The van der Waals surface area contributed by atoms with Crippen LogP contribution in [0.3, 0.4) is 0 Å². The molecule has 1 unspecified atom stereocenters. The Hall–Kier alpha value is -1.89. The molecule has 2 fully saturated rings. The van der Waals surface area contributed by atoms with E-state index < -0.39 is 0 Å². The number of H-pyrrole nitrogens is 1. The normalized spacial score (nSPS) is 20.5. The predicted molar refractivity (Wildman–Crippen MR) is 102 cm³/mol. The first-order valence-corrected chi connectivity index (χ1v) is 9.79. The van der Waals surface area contributed by atoms with Crippen LogP contribution in [0.25, 0.3) is 0 Å². The lowest BCUT2D eigenvalue weighted by atomic mass is 9.98. The molecule has 144 valence electrons. The molecule has 7 nitrogen and oxygen atoms in total. The number of anilines is 1. The minimum absolute atomic E-state index is 0.101. The molecular formula is C19H31N5O2. The number of carbonyl (C=O) groups is 1. The van der Waals surface area contributed by atoms with E-state index in [1.165, 1.54) is 6.07 Å². The summed E-state index contributed by atoms with van der Waals surface area (Å²) in [6, 6.07) is 1.29. The number of carbonyl (C=O) groups excluding carboxylic acids is 1. The van der Waals surface area contributed by atoms with Crippen LogP contribution in [0.1, 0.15) is 51.3 Å². The van der Waals surface area contributed by atoms with Crippen molar-refractivity contribution in [3.8, 4) is 0 Å². The molecule has 1 aromatic heterocycles. The molecule has 2 heterocycles. The van der Waals surface area contributed by atoms with Gasteiger partial charge in [-0.05, 0) is 25.8 Å². The number of aromatic amines is 1. The van der Waals surface area contributed by atoms with Crippen molar-refractivity contribution in [2.75, 3.05) is 38.1 Å². The van der Waals surface area contributed by atoms with Gasteiger partial charge < -0.3 is 15.1 Å². The Morgan fingerprint density at radius 2 is 1.88 bits per heavy atom. The highest BCUT2D eigenvalue weighted by Gasteiger charge is 2.28. The van der Waals surface area contributed by atoms with Gasteiger partial charge in [0.15, 0.2) is 0 Å². The molecule has 1 aliphatic carbocycles. The second-order valence-corrected chi connectivity index (χ2v) is 8.00. The van der Waals surface area contributed by atoms with Crippen molar-refractivity contribution >= 4 is 11.9 Å². The zero-order valence-corrected chi connectivity index (χ0v) is 16.1. The molecule has 0 bridgehead atoms. The van der Waals surface area contributed by atoms with E-state index in [0.717, 1.165) is 51.9 Å². The second-order valence-electron chi connectivity index (χ2n) is 8.00. The first-order valence-electron chi connectivity index (χ1n) is 9.79. The molecule has 1 saturated heterocycles. The first kappa shape index (κ1) is 18.9. The Balaban J connectivity index is 1.80. The molecule has 1 atom stereocenters. The minimum Gasteiger partial charge on any atom is -0.347 e. The van der Waals surface area contributed by atoms with Crippen molar-refractivity contribution < 1.29 is 4.79 Å². The van der Waals surface area contributed by atoms with Crippen molar-refractivity contribution in [2.45, 2.75) is 45.6 Å². The van der Waals surface area contributed by atoms with Gasteiger partial charge in [-0.25, -0.2) is 4.98 Å². The number of nitrogens with zero attached hydrogens (tertiary/aromatic N) is 3. The Morgan fingerprint density at radius 3 is 2.50 bits per heavy atom. The van der Waals surface area contributed by atoms with E-state index in [9.17, 15) is 9.59 Å². The first-order chi connectivity index (χ1) is 12.4. The maximum absolute atomic E-state index is 12.6. The van der Waals surface area contributed by atoms with E-state index in [0.29, 0.717) is 11.6 Å². The summed E-state index contributed by atoms with van der Waals surface area (Å²) in [4.78, 5) is 36.8. The monoisotopic (exact) mass is 361 g/mol. The molecule has 3 rings (SSSR count). The molecule has 0 spiro atoms. The van der Waals surface area contributed by atoms with Gasteiger partial charge in [-0.3, -0.25) is 14.6 Å². The van der Waals surface area contributed by atoms with Gasteiger partial charge in [-0.2, -0.15) is 0 Å². The molecule has 1 aromatic rings. The quantitative estimate of drug-likeness (QED) is 0.831. The Bertz CT molecular complexity index is 673. The van der Waals surface area contributed by atoms with Gasteiger partial charge in [0.25, 0.3) is 5.56 Å². The SMILES string of the molecule is CC(C)C(NC(=O)C1CCCC1)c1cc(=O)[nH]c(N2CCN(C)CC2)n1. The number of hydrogen-bond donors (Lipinski definition) is 2. The summed E-state index contributed by atoms with van der Waals surface area (Å²) >= 11 is 0. The van der Waals surface area contributed by atoms with Crippen LogP contribution < -0.4 is 15.8 Å². The van der Waals surface area contributed by atoms with E-state index >= 15 is 0 Å². The van der Waals surface area contributed by atoms with Crippen molar-refractivity contribution in [2.24, 2.45) is 11.8 Å². The van der Waals surface area contributed by atoms with E-state index in [1.807, 2.05) is 0 Å². The van der Waals surface area contributed by atoms with E-state index in [2.05, 4.69) is 41.0 Å². The van der Waals surface area contributed by atoms with Gasteiger partial charge in [-0.15, -0.1) is 0 Å². The van der Waals surface area contributed by atoms with Crippen LogP contribution in [0, 0.1) is 11.8 Å². The van der Waals surface area contributed by atoms with Gasteiger partial charge in [0.2, 0.25) is 11.9 Å². The number of piperazine rings is 1. The molecule has 1 amide bonds. The van der Waals surface area contributed by atoms with Crippen LogP contribution in [-0.2, 0) is 4.79 Å². The third-order valence-corrected chi connectivity index (χ3v) is 5.56. The highest BCUT2D eigenvalue weighted by atomic mass is 16.2. The predicted octanol–water partition coefficient (Wildman–Crippen LogP) is 1.53. The number of hydrogen-bond acceptors (Lipinski definition) is 5. The summed E-state index contributed by atoms with van der Waals surface area (Å²) in [5, 5.41) is 3.16. The van der Waals surface area contributed by atoms with Gasteiger partial charge in [0, 0.05) is 38.2 Å². The maximum atomic E-state index is 12.6. The smallest absolute Gasteiger partial charge is 0.252 e. The zero-order chi connectivity index (χ0) is 18.7. The Morgan fingerprint density at radius 1 is 1.23 bits per heavy atom. The van der Waals surface area contributed by atoms with E-state index in [4.69, 9.17) is 4.98 Å². The summed E-state index contributed by atoms with van der Waals surface area (Å²) < 4.78 is 0. The van der Waals surface area contributed by atoms with Crippen LogP contribution in [-0.4, -0.2) is 54.0 Å². The molecule has 1 saturated carbocycles. The molecular weight excluding hydrogens is 330 g/mol. The van der Waals surface area contributed by atoms with Crippen LogP contribution in [0.5, 0.6) is 0 Å². The van der Waals surface area contributed by atoms with Crippen LogP contribution in [0.4, 0.5) is 5.95 Å². The van der Waals surface area contributed by atoms with Crippen molar-refractivity contribution in [1.29, 1.82) is 0 Å². The number of likely N-dealkylation sites (N-methyl/N-ethyl adjacent to an activating group) is 1. The number of aromatic nitrogens is 2. The fourth-order valence-corrected chi connectivity index (χ4v) is 3.83. The highest BCUT2D eigenvalue weighted by Crippen LogP contribution is 2.27. The molecule has 2 N–H and O–H groups in total. The Kier molecular flexibility index (Phi) is 5.96. The lowest BCUT2D eigenvalue weighted by Gasteiger charge is -2.33. The maximum Gasteiger partial charge on any atom is 0.252 e. The van der Waals surface area contributed by atoms with Crippen LogP contribution in [0.15, 0.2) is 10.9 Å². The van der Waals surface area contributed by atoms with Gasteiger partial charge in [0.05, 0.1) is 11.7 Å². The van der Waals surface area contributed by atoms with Gasteiger partial charge in [-0.1, -0.05) is 26.7 Å². The molecule has 0 radical (unpaired) electrons. The zero-order valence-electron chi connectivity index (χ0n) is 16.1. The van der Waals surface area contributed by atoms with Gasteiger partial charge in [0.1, 0.15) is 0 Å². The van der Waals surface area contributed by atoms with Crippen molar-refractivity contribution in [1.82, 2.24) is 20.2 Å². The number of nitrogens with one attached hydrogen (secondary N) is 2. The summed E-state index contributed by atoms with van der Waals surface area (Å²) in [5.41, 5.74) is 0.494. The minimum atomic E-state index is -0.239. The summed E-state index contributed by atoms with van der Waals surface area (Å²) in [6.07, 6.45) is 4.18. The average molecular weight is 361 g/mol. The largest absolute Gasteiger partial charge is 0.347 e. The molecule has 0 aromatic carbocycles. The lowest BCUT2D eigenvalue weighted by molar-refractivity contribution is -0.125. The van der Waals surface area contributed by atoms with E-state index in [-0.39, 0.29) is 29.3 Å². The fraction of sp³-hybridized carbons (Fsp3) is 0.737. The number of amides is 1. The summed E-state index contributed by atoms with van der Waals surface area (Å²) in [5.74, 6) is 0.983. The third-order valence-electron chi connectivity index (χ3n) is 5.56. The summed E-state index contributed by atoms with van der Waals surface area (Å²) in [7, 11) is 2.09. The Labute approximate surface area is 155 Å². The van der Waals surface area contributed by atoms with Gasteiger partial charge >= 0.3 is 0 Å². The topological polar surface area (TPSA) is 81.3 Å². The molecule has 26 heavy (non-hydrogen) atoms. The lowest BCUT2D eigenvalue weighted by Crippen LogP contribution is -2.46. The second kappa shape index (κ2) is 8.20. The van der Waals surface area contributed by atoms with Crippen LogP contribution in [0.2, 0.25) is 0 Å². The number of rotatable bonds is 5. The standard InChI is InChI=1S/C19H31N5O2/c1-13(2)17(22-18(26)14-6-4-5-7-14)15-12-16(25)21-19(20-15)24-10-8-23(3)9-11-24/h12-14,17H,4-11H2,1-3H3,(H,22,26)(H,20,21,25). The van der Waals surface area contributed by atoms with E-state index in [1.54, 1.807) is 0 Å². The molecule has 7 heteroatoms. The van der Waals surface area contributed by atoms with Crippen molar-refractivity contribution in [3.63, 3.8) is 0 Å². The third kappa shape index (κ3) is 4.44.